The van der Waals surface area contributed by atoms with E-state index in [4.69, 9.17) is 10.5 Å². The monoisotopic (exact) mass is 287 g/mol. The van der Waals surface area contributed by atoms with Crippen LogP contribution < -0.4 is 5.32 Å². The molecule has 2 aromatic rings. The summed E-state index contributed by atoms with van der Waals surface area (Å²) < 4.78 is 13.1. The molecule has 1 N–H and O–H groups in total. The number of nitrogens with zero attached hydrogens (tertiary/aromatic N) is 2. The van der Waals surface area contributed by atoms with E-state index in [0.717, 1.165) is 22.5 Å². The molecule has 104 valence electrons. The van der Waals surface area contributed by atoms with E-state index < -0.39 is 0 Å². The van der Waals surface area contributed by atoms with Gasteiger partial charge in [-0.2, -0.15) is 10.5 Å². The van der Waals surface area contributed by atoms with E-state index in [1.165, 1.54) is 12.1 Å². The lowest BCUT2D eigenvalue weighted by atomic mass is 9.93. The highest BCUT2D eigenvalue weighted by Gasteiger charge is 2.18. The molecule has 3 rings (SSSR count). The third kappa shape index (κ3) is 2.34. The van der Waals surface area contributed by atoms with Crippen molar-refractivity contribution in [3.63, 3.8) is 0 Å². The Bertz CT molecular complexity index is 862. The first-order valence-electron chi connectivity index (χ1n) is 6.61. The van der Waals surface area contributed by atoms with E-state index in [0.29, 0.717) is 5.57 Å². The highest BCUT2D eigenvalue weighted by Crippen LogP contribution is 2.36. The average Bonchev–Trinajstić information content (AvgIpc) is 2.56. The van der Waals surface area contributed by atoms with Gasteiger partial charge in [0.05, 0.1) is 0 Å². The van der Waals surface area contributed by atoms with Crippen LogP contribution in [0.5, 0.6) is 0 Å². The van der Waals surface area contributed by atoms with Gasteiger partial charge in [-0.3, -0.25) is 0 Å². The second-order valence-electron chi connectivity index (χ2n) is 4.75. The number of nitriles is 2. The Kier molecular flexibility index (Phi) is 3.43. The van der Waals surface area contributed by atoms with Gasteiger partial charge in [0.1, 0.15) is 23.5 Å². The van der Waals surface area contributed by atoms with Gasteiger partial charge in [0.25, 0.3) is 0 Å². The molecule has 1 aliphatic rings. The molecule has 0 saturated heterocycles. The molecule has 22 heavy (non-hydrogen) atoms. The van der Waals surface area contributed by atoms with Crippen LogP contribution in [0.25, 0.3) is 11.3 Å². The zero-order valence-corrected chi connectivity index (χ0v) is 11.5. The molecule has 0 aliphatic carbocycles. The minimum Gasteiger partial charge on any atom is -0.355 e. The quantitative estimate of drug-likeness (QED) is 0.803. The zero-order valence-electron chi connectivity index (χ0n) is 11.5. The van der Waals surface area contributed by atoms with Crippen LogP contribution in [0, 0.1) is 28.5 Å². The summed E-state index contributed by atoms with van der Waals surface area (Å²) in [5.41, 5.74) is 3.72. The Morgan fingerprint density at radius 3 is 2.32 bits per heavy atom. The minimum atomic E-state index is -0.314. The van der Waals surface area contributed by atoms with E-state index >= 15 is 0 Å². The maximum Gasteiger partial charge on any atom is 0.137 e. The van der Waals surface area contributed by atoms with E-state index in [-0.39, 0.29) is 11.4 Å². The lowest BCUT2D eigenvalue weighted by molar-refractivity contribution is 0.627. The predicted octanol–water partition coefficient (Wildman–Crippen LogP) is 4.09. The number of nitrogens with one attached hydrogen (secondary N) is 1. The van der Waals surface area contributed by atoms with E-state index in [9.17, 15) is 4.39 Å². The van der Waals surface area contributed by atoms with Crippen LogP contribution in [0.3, 0.4) is 0 Å². The summed E-state index contributed by atoms with van der Waals surface area (Å²) in [6.07, 6.45) is 1.75. The molecule has 4 heteroatoms. The lowest BCUT2D eigenvalue weighted by Gasteiger charge is -2.21. The van der Waals surface area contributed by atoms with Gasteiger partial charge in [0.15, 0.2) is 0 Å². The largest absolute Gasteiger partial charge is 0.355 e. The molecule has 0 amide bonds. The van der Waals surface area contributed by atoms with E-state index in [1.807, 2.05) is 36.4 Å². The standard InChI is InChI=1S/C18H10FN3/c19-14-7-5-12(6-8-14)18-9-16(13(10-20)11-21)15-3-1-2-4-17(15)22-18/h1-9,22H. The van der Waals surface area contributed by atoms with Crippen LogP contribution in [-0.2, 0) is 0 Å². The molecule has 2 aromatic carbocycles. The molecule has 0 bridgehead atoms. The number of halogens is 1. The van der Waals surface area contributed by atoms with Crippen LogP contribution >= 0.6 is 0 Å². The van der Waals surface area contributed by atoms with Gasteiger partial charge in [-0.15, -0.1) is 0 Å². The Balaban J connectivity index is 2.20. The van der Waals surface area contributed by atoms with Crippen LogP contribution in [0.1, 0.15) is 11.1 Å². The summed E-state index contributed by atoms with van der Waals surface area (Å²) in [7, 11) is 0. The molecule has 0 saturated carbocycles. The fraction of sp³-hybridized carbons (Fsp3) is 0. The van der Waals surface area contributed by atoms with Gasteiger partial charge < -0.3 is 5.32 Å². The minimum absolute atomic E-state index is 0.0496. The maximum absolute atomic E-state index is 13.1. The summed E-state index contributed by atoms with van der Waals surface area (Å²) in [5, 5.41) is 21.6. The SMILES string of the molecule is N#CC(C#N)=C1C=C(c2ccc(F)cc2)Nc2ccccc21. The Hall–Kier alpha value is -3.37. The van der Waals surface area contributed by atoms with Crippen molar-refractivity contribution >= 4 is 17.0 Å². The fourth-order valence-electron chi connectivity index (χ4n) is 2.37. The highest BCUT2D eigenvalue weighted by atomic mass is 19.1. The first-order chi connectivity index (χ1) is 10.7. The molecular formula is C18H10FN3. The zero-order chi connectivity index (χ0) is 15.5. The van der Waals surface area contributed by atoms with Crippen LogP contribution in [0.2, 0.25) is 0 Å². The van der Waals surface area contributed by atoms with Gasteiger partial charge >= 0.3 is 0 Å². The summed E-state index contributed by atoms with van der Waals surface area (Å²) >= 11 is 0. The highest BCUT2D eigenvalue weighted by molar-refractivity contribution is 5.99. The topological polar surface area (TPSA) is 59.6 Å². The van der Waals surface area contributed by atoms with E-state index in [2.05, 4.69) is 5.32 Å². The second-order valence-corrected chi connectivity index (χ2v) is 4.75. The van der Waals surface area contributed by atoms with Crippen molar-refractivity contribution in [2.24, 2.45) is 0 Å². The van der Waals surface area contributed by atoms with E-state index in [1.54, 1.807) is 18.2 Å². The first-order valence-corrected chi connectivity index (χ1v) is 6.61. The van der Waals surface area contributed by atoms with Crippen molar-refractivity contribution in [2.75, 3.05) is 5.32 Å². The molecular weight excluding hydrogens is 277 g/mol. The predicted molar refractivity (Wildman–Crippen MR) is 82.6 cm³/mol. The van der Waals surface area contributed by atoms with Crippen LogP contribution in [-0.4, -0.2) is 0 Å². The van der Waals surface area contributed by atoms with Crippen molar-refractivity contribution in [3.05, 3.63) is 77.1 Å². The molecule has 0 fully saturated rings. The number of benzene rings is 2. The van der Waals surface area contributed by atoms with Crippen molar-refractivity contribution < 1.29 is 4.39 Å². The van der Waals surface area contributed by atoms with Crippen LogP contribution in [0.15, 0.2) is 60.2 Å². The lowest BCUT2D eigenvalue weighted by Crippen LogP contribution is -2.07. The summed E-state index contributed by atoms with van der Waals surface area (Å²) in [6.45, 7) is 0. The summed E-state index contributed by atoms with van der Waals surface area (Å²) in [5.74, 6) is -0.314. The molecule has 1 aliphatic heterocycles. The molecule has 0 unspecified atom stereocenters. The van der Waals surface area contributed by atoms with Gasteiger partial charge in [-0.1, -0.05) is 18.2 Å². The number of hydrogen-bond donors (Lipinski definition) is 1. The Morgan fingerprint density at radius 2 is 1.64 bits per heavy atom. The number of anilines is 1. The molecule has 0 atom stereocenters. The van der Waals surface area contributed by atoms with Gasteiger partial charge in [0.2, 0.25) is 0 Å². The summed E-state index contributed by atoms with van der Waals surface area (Å²) in [4.78, 5) is 0. The molecule has 0 aromatic heterocycles. The molecule has 1 heterocycles. The molecule has 0 spiro atoms. The van der Waals surface area contributed by atoms with Gasteiger partial charge in [0, 0.05) is 22.5 Å². The summed E-state index contributed by atoms with van der Waals surface area (Å²) in [6, 6.07) is 17.4. The number of para-hydroxylation sites is 1. The normalized spacial score (nSPS) is 12.3. The first kappa shape index (κ1) is 13.6. The van der Waals surface area contributed by atoms with Gasteiger partial charge in [-0.05, 0) is 42.0 Å². The number of hydrogen-bond acceptors (Lipinski definition) is 3. The number of fused-ring (bicyclic) bond motifs is 1. The average molecular weight is 287 g/mol. The molecule has 3 nitrogen and oxygen atoms in total. The smallest absolute Gasteiger partial charge is 0.137 e. The number of allylic oxidation sites excluding steroid dienone is 3. The Morgan fingerprint density at radius 1 is 0.955 bits per heavy atom. The third-order valence-electron chi connectivity index (χ3n) is 3.42. The van der Waals surface area contributed by atoms with Crippen molar-refractivity contribution in [1.29, 1.82) is 10.5 Å². The third-order valence-corrected chi connectivity index (χ3v) is 3.42. The van der Waals surface area contributed by atoms with Crippen molar-refractivity contribution in [3.8, 4) is 12.1 Å². The second kappa shape index (κ2) is 5.55. The maximum atomic E-state index is 13.1. The van der Waals surface area contributed by atoms with Gasteiger partial charge in [-0.25, -0.2) is 4.39 Å². The Labute approximate surface area is 127 Å². The van der Waals surface area contributed by atoms with Crippen LogP contribution in [0.4, 0.5) is 10.1 Å². The van der Waals surface area contributed by atoms with Crippen molar-refractivity contribution in [1.82, 2.24) is 0 Å². The fourth-order valence-corrected chi connectivity index (χ4v) is 2.37. The van der Waals surface area contributed by atoms with Crippen molar-refractivity contribution in [2.45, 2.75) is 0 Å². The number of rotatable bonds is 1. The molecule has 0 radical (unpaired) electrons.